The highest BCUT2D eigenvalue weighted by molar-refractivity contribution is 7.89. The largest absolute Gasteiger partial charge is 0.467 e. The zero-order chi connectivity index (χ0) is 17.0. The van der Waals surface area contributed by atoms with Crippen LogP contribution < -0.4 is 10.0 Å². The fraction of sp³-hybridized carbons (Fsp3) is 0.312. The molecule has 124 valence electrons. The van der Waals surface area contributed by atoms with Crippen molar-refractivity contribution in [3.63, 3.8) is 0 Å². The smallest absolute Gasteiger partial charge is 0.241 e. The molecule has 6 nitrogen and oxygen atoms in total. The maximum atomic E-state index is 12.4. The van der Waals surface area contributed by atoms with Crippen molar-refractivity contribution < 1.29 is 17.6 Å². The van der Waals surface area contributed by atoms with Crippen LogP contribution in [0.25, 0.3) is 0 Å². The van der Waals surface area contributed by atoms with Gasteiger partial charge in [0.1, 0.15) is 5.76 Å². The van der Waals surface area contributed by atoms with Crippen LogP contribution in [0.15, 0.2) is 45.9 Å². The maximum absolute atomic E-state index is 12.4. The molecule has 0 unspecified atom stereocenters. The Balaban J connectivity index is 2.02. The number of benzene rings is 1. The summed E-state index contributed by atoms with van der Waals surface area (Å²) in [6, 6.07) is 7.61. The summed E-state index contributed by atoms with van der Waals surface area (Å²) in [7, 11) is -3.76. The van der Waals surface area contributed by atoms with Crippen LogP contribution in [-0.4, -0.2) is 20.4 Å². The molecule has 0 aliphatic rings. The minimum Gasteiger partial charge on any atom is -0.467 e. The molecule has 2 N–H and O–H groups in total. The lowest BCUT2D eigenvalue weighted by Crippen LogP contribution is -2.44. The van der Waals surface area contributed by atoms with Gasteiger partial charge < -0.3 is 9.73 Å². The van der Waals surface area contributed by atoms with Gasteiger partial charge in [-0.1, -0.05) is 17.7 Å². The lowest BCUT2D eigenvalue weighted by Gasteiger charge is -2.15. The van der Waals surface area contributed by atoms with Crippen molar-refractivity contribution in [1.82, 2.24) is 10.0 Å². The highest BCUT2D eigenvalue weighted by Gasteiger charge is 2.23. The minimum atomic E-state index is -3.76. The van der Waals surface area contributed by atoms with E-state index in [0.29, 0.717) is 11.3 Å². The van der Waals surface area contributed by atoms with E-state index in [4.69, 9.17) is 4.42 Å². The highest BCUT2D eigenvalue weighted by Crippen LogP contribution is 2.16. The summed E-state index contributed by atoms with van der Waals surface area (Å²) in [5, 5.41) is 2.62. The summed E-state index contributed by atoms with van der Waals surface area (Å²) in [4.78, 5) is 12.2. The number of rotatable bonds is 6. The summed E-state index contributed by atoms with van der Waals surface area (Å²) < 4.78 is 32.3. The monoisotopic (exact) mass is 336 g/mol. The van der Waals surface area contributed by atoms with Crippen LogP contribution in [0.1, 0.15) is 23.8 Å². The van der Waals surface area contributed by atoms with Crippen molar-refractivity contribution in [3.8, 4) is 0 Å². The SMILES string of the molecule is Cc1ccc(S(=O)(=O)N[C@@H](C)C(=O)NCc2ccco2)c(C)c1. The Kier molecular flexibility index (Phi) is 5.23. The van der Waals surface area contributed by atoms with Crippen LogP contribution >= 0.6 is 0 Å². The summed E-state index contributed by atoms with van der Waals surface area (Å²) in [6.45, 7) is 5.32. The third kappa shape index (κ3) is 4.43. The molecule has 0 aliphatic heterocycles. The molecule has 1 aromatic carbocycles. The molecule has 1 atom stereocenters. The molecular weight excluding hydrogens is 316 g/mol. The number of hydrogen-bond acceptors (Lipinski definition) is 4. The molecule has 0 fully saturated rings. The molecule has 23 heavy (non-hydrogen) atoms. The van der Waals surface area contributed by atoms with E-state index in [-0.39, 0.29) is 11.4 Å². The number of hydrogen-bond donors (Lipinski definition) is 2. The first-order chi connectivity index (χ1) is 10.8. The maximum Gasteiger partial charge on any atom is 0.241 e. The van der Waals surface area contributed by atoms with E-state index >= 15 is 0 Å². The van der Waals surface area contributed by atoms with E-state index in [1.165, 1.54) is 13.2 Å². The molecule has 2 aromatic rings. The van der Waals surface area contributed by atoms with E-state index in [1.807, 2.05) is 6.92 Å². The standard InChI is InChI=1S/C16H20N2O4S/c1-11-6-7-15(12(2)9-11)23(20,21)18-13(3)16(19)17-10-14-5-4-8-22-14/h4-9,13,18H,10H2,1-3H3,(H,17,19)/t13-/m0/s1. The molecule has 0 radical (unpaired) electrons. The zero-order valence-electron chi connectivity index (χ0n) is 13.3. The van der Waals surface area contributed by atoms with Gasteiger partial charge in [0.2, 0.25) is 15.9 Å². The third-order valence-electron chi connectivity index (χ3n) is 3.36. The first-order valence-electron chi connectivity index (χ1n) is 7.19. The molecular formula is C16H20N2O4S. The average molecular weight is 336 g/mol. The van der Waals surface area contributed by atoms with Crippen molar-refractivity contribution in [2.75, 3.05) is 0 Å². The lowest BCUT2D eigenvalue weighted by atomic mass is 10.2. The Morgan fingerprint density at radius 1 is 1.26 bits per heavy atom. The molecule has 1 amide bonds. The molecule has 0 saturated heterocycles. The fourth-order valence-corrected chi connectivity index (χ4v) is 3.62. The zero-order valence-corrected chi connectivity index (χ0v) is 14.1. The van der Waals surface area contributed by atoms with E-state index in [1.54, 1.807) is 37.3 Å². The summed E-state index contributed by atoms with van der Waals surface area (Å²) >= 11 is 0. The van der Waals surface area contributed by atoms with Crippen molar-refractivity contribution in [1.29, 1.82) is 0 Å². The van der Waals surface area contributed by atoms with Crippen molar-refractivity contribution in [3.05, 3.63) is 53.5 Å². The summed E-state index contributed by atoms with van der Waals surface area (Å²) in [5.41, 5.74) is 1.62. The Bertz CT molecular complexity index is 782. The molecule has 2 rings (SSSR count). The first kappa shape index (κ1) is 17.2. The highest BCUT2D eigenvalue weighted by atomic mass is 32.2. The summed E-state index contributed by atoms with van der Waals surface area (Å²) in [6.07, 6.45) is 1.51. The Labute approximate surface area is 135 Å². The van der Waals surface area contributed by atoms with Crippen LogP contribution in [0, 0.1) is 13.8 Å². The molecule has 0 bridgehead atoms. The molecule has 1 aromatic heterocycles. The second-order valence-corrected chi connectivity index (χ2v) is 7.09. The number of carbonyl (C=O) groups is 1. The van der Waals surface area contributed by atoms with Crippen LogP contribution in [0.5, 0.6) is 0 Å². The number of amides is 1. The quantitative estimate of drug-likeness (QED) is 0.843. The van der Waals surface area contributed by atoms with Crippen LogP contribution in [0.2, 0.25) is 0 Å². The molecule has 0 aliphatic carbocycles. The molecule has 0 saturated carbocycles. The van der Waals surface area contributed by atoms with Gasteiger partial charge in [0.25, 0.3) is 0 Å². The molecule has 7 heteroatoms. The Morgan fingerprint density at radius 3 is 2.61 bits per heavy atom. The first-order valence-corrected chi connectivity index (χ1v) is 8.67. The average Bonchev–Trinajstić information content (AvgIpc) is 2.96. The Morgan fingerprint density at radius 2 is 2.00 bits per heavy atom. The Hall–Kier alpha value is -2.12. The van der Waals surface area contributed by atoms with Gasteiger partial charge in [-0.15, -0.1) is 0 Å². The van der Waals surface area contributed by atoms with Gasteiger partial charge in [-0.3, -0.25) is 4.79 Å². The predicted molar refractivity (Wildman–Crippen MR) is 86.3 cm³/mol. The number of carbonyl (C=O) groups excluding carboxylic acids is 1. The fourth-order valence-electron chi connectivity index (χ4n) is 2.19. The van der Waals surface area contributed by atoms with E-state index in [9.17, 15) is 13.2 Å². The second-order valence-electron chi connectivity index (χ2n) is 5.41. The van der Waals surface area contributed by atoms with Gasteiger partial charge in [-0.25, -0.2) is 8.42 Å². The molecule has 0 spiro atoms. The van der Waals surface area contributed by atoms with Crippen LogP contribution in [0.3, 0.4) is 0 Å². The number of sulfonamides is 1. The van der Waals surface area contributed by atoms with Gasteiger partial charge in [-0.2, -0.15) is 4.72 Å². The number of furan rings is 1. The van der Waals surface area contributed by atoms with Gasteiger partial charge in [0.15, 0.2) is 0 Å². The van der Waals surface area contributed by atoms with E-state index in [2.05, 4.69) is 10.0 Å². The van der Waals surface area contributed by atoms with Crippen molar-refractivity contribution >= 4 is 15.9 Å². The minimum absolute atomic E-state index is 0.175. The van der Waals surface area contributed by atoms with Crippen molar-refractivity contribution in [2.45, 2.75) is 38.3 Å². The van der Waals surface area contributed by atoms with Crippen LogP contribution in [0.4, 0.5) is 0 Å². The van der Waals surface area contributed by atoms with Crippen LogP contribution in [-0.2, 0) is 21.4 Å². The second kappa shape index (κ2) is 6.97. The van der Waals surface area contributed by atoms with E-state index < -0.39 is 22.0 Å². The predicted octanol–water partition coefficient (Wildman–Crippen LogP) is 1.88. The van der Waals surface area contributed by atoms with Gasteiger partial charge in [0, 0.05) is 0 Å². The van der Waals surface area contributed by atoms with Gasteiger partial charge in [0.05, 0.1) is 23.7 Å². The lowest BCUT2D eigenvalue weighted by molar-refractivity contribution is -0.122. The third-order valence-corrected chi connectivity index (χ3v) is 5.06. The van der Waals surface area contributed by atoms with Gasteiger partial charge in [-0.05, 0) is 44.5 Å². The number of aryl methyl sites for hydroxylation is 2. The molecule has 1 heterocycles. The summed E-state index contributed by atoms with van der Waals surface area (Å²) in [5.74, 6) is 0.178. The van der Waals surface area contributed by atoms with Crippen molar-refractivity contribution in [2.24, 2.45) is 0 Å². The topological polar surface area (TPSA) is 88.4 Å². The normalized spacial score (nSPS) is 12.8. The van der Waals surface area contributed by atoms with E-state index in [0.717, 1.165) is 5.56 Å². The van der Waals surface area contributed by atoms with Gasteiger partial charge >= 0.3 is 0 Å². The number of nitrogens with one attached hydrogen (secondary N) is 2.